The fourth-order valence-corrected chi connectivity index (χ4v) is 2.25. The van der Waals surface area contributed by atoms with Crippen molar-refractivity contribution in [3.63, 3.8) is 0 Å². The van der Waals surface area contributed by atoms with Crippen molar-refractivity contribution >= 4 is 10.1 Å². The van der Waals surface area contributed by atoms with Crippen LogP contribution in [0, 0.1) is 6.92 Å². The number of nitrogens with zero attached hydrogens (tertiary/aromatic N) is 1. The summed E-state index contributed by atoms with van der Waals surface area (Å²) < 4.78 is 31.5. The molecule has 0 aliphatic heterocycles. The van der Waals surface area contributed by atoms with Crippen LogP contribution in [0.15, 0.2) is 35.1 Å². The van der Waals surface area contributed by atoms with E-state index in [1.54, 1.807) is 12.1 Å². The first kappa shape index (κ1) is 12.6. The fraction of sp³-hybridized carbons (Fsp3) is 0.182. The molecule has 0 amide bonds. The molecule has 7 heteroatoms. The van der Waals surface area contributed by atoms with Gasteiger partial charge >= 0.3 is 0 Å². The maximum atomic E-state index is 11.7. The summed E-state index contributed by atoms with van der Waals surface area (Å²) >= 11 is 0. The zero-order valence-corrected chi connectivity index (χ0v) is 10.4. The molecule has 2 rings (SSSR count). The van der Waals surface area contributed by atoms with E-state index in [-0.39, 0.29) is 11.3 Å². The normalized spacial score (nSPS) is 11.7. The van der Waals surface area contributed by atoms with E-state index in [0.29, 0.717) is 5.69 Å². The Bertz CT molecular complexity index is 727. The highest BCUT2D eigenvalue weighted by Gasteiger charge is 2.12. The number of nitrogens with one attached hydrogen (secondary N) is 1. The van der Waals surface area contributed by atoms with Gasteiger partial charge in [-0.05, 0) is 18.6 Å². The van der Waals surface area contributed by atoms with Gasteiger partial charge in [0.1, 0.15) is 5.75 Å². The van der Waals surface area contributed by atoms with Crippen molar-refractivity contribution in [1.82, 2.24) is 9.78 Å². The molecule has 0 spiro atoms. The second kappa shape index (κ2) is 4.43. The van der Waals surface area contributed by atoms with Crippen molar-refractivity contribution in [3.8, 4) is 5.69 Å². The lowest BCUT2D eigenvalue weighted by molar-refractivity contribution is 0.481. The largest absolute Gasteiger partial charge is 0.294 e. The number of H-pyrrole nitrogens is 1. The number of benzene rings is 1. The van der Waals surface area contributed by atoms with Crippen molar-refractivity contribution in [2.45, 2.75) is 12.7 Å². The SMILES string of the molecule is Cc1ccccc1-n1[nH]c(CS(=O)(=O)O)cc1=O. The number of hydrogen-bond acceptors (Lipinski definition) is 3. The Labute approximate surface area is 104 Å². The summed E-state index contributed by atoms with van der Waals surface area (Å²) in [5.74, 6) is -0.610. The quantitative estimate of drug-likeness (QED) is 0.808. The van der Waals surface area contributed by atoms with Crippen LogP contribution in [-0.2, 0) is 15.9 Å². The van der Waals surface area contributed by atoms with Crippen molar-refractivity contribution in [1.29, 1.82) is 0 Å². The van der Waals surface area contributed by atoms with E-state index >= 15 is 0 Å². The lowest BCUT2D eigenvalue weighted by Gasteiger charge is -2.05. The van der Waals surface area contributed by atoms with Gasteiger partial charge in [0.2, 0.25) is 0 Å². The first-order valence-electron chi connectivity index (χ1n) is 5.19. The summed E-state index contributed by atoms with van der Waals surface area (Å²) in [6, 6.07) is 8.35. The average Bonchev–Trinajstić information content (AvgIpc) is 2.57. The number of para-hydroxylation sites is 1. The van der Waals surface area contributed by atoms with Gasteiger partial charge in [-0.25, -0.2) is 4.68 Å². The zero-order valence-electron chi connectivity index (χ0n) is 9.62. The van der Waals surface area contributed by atoms with Gasteiger partial charge in [0.25, 0.3) is 15.7 Å². The predicted octanol–water partition coefficient (Wildman–Crippen LogP) is 0.862. The average molecular weight is 268 g/mol. The number of aromatic nitrogens is 2. The Morgan fingerprint density at radius 1 is 1.33 bits per heavy atom. The molecule has 0 unspecified atom stereocenters. The Morgan fingerprint density at radius 2 is 2.00 bits per heavy atom. The van der Waals surface area contributed by atoms with Gasteiger partial charge in [0.15, 0.2) is 0 Å². The first-order chi connectivity index (χ1) is 8.37. The molecule has 0 saturated carbocycles. The summed E-state index contributed by atoms with van der Waals surface area (Å²) in [5.41, 5.74) is 1.29. The molecule has 6 nitrogen and oxygen atoms in total. The van der Waals surface area contributed by atoms with E-state index in [4.69, 9.17) is 4.55 Å². The number of hydrogen-bond donors (Lipinski definition) is 2. The van der Waals surface area contributed by atoms with Gasteiger partial charge in [-0.2, -0.15) is 8.42 Å². The molecule has 1 aromatic heterocycles. The summed E-state index contributed by atoms with van der Waals surface area (Å²) in [5, 5.41) is 2.66. The second-order valence-corrected chi connectivity index (χ2v) is 5.42. The van der Waals surface area contributed by atoms with E-state index in [0.717, 1.165) is 11.6 Å². The molecule has 0 atom stereocenters. The third kappa shape index (κ3) is 2.69. The van der Waals surface area contributed by atoms with Crippen LogP contribution in [0.1, 0.15) is 11.3 Å². The Morgan fingerprint density at radius 3 is 2.61 bits per heavy atom. The maximum absolute atomic E-state index is 11.7. The minimum Gasteiger partial charge on any atom is -0.294 e. The molecule has 0 aliphatic carbocycles. The number of aromatic amines is 1. The number of aryl methyl sites for hydroxylation is 1. The lowest BCUT2D eigenvalue weighted by Crippen LogP contribution is -2.14. The third-order valence-electron chi connectivity index (χ3n) is 2.47. The molecule has 2 aromatic rings. The summed E-state index contributed by atoms with van der Waals surface area (Å²) in [6.45, 7) is 1.84. The van der Waals surface area contributed by atoms with E-state index in [1.807, 2.05) is 19.1 Å². The van der Waals surface area contributed by atoms with Crippen molar-refractivity contribution in [2.75, 3.05) is 0 Å². The first-order valence-corrected chi connectivity index (χ1v) is 6.80. The van der Waals surface area contributed by atoms with Crippen molar-refractivity contribution in [3.05, 3.63) is 51.9 Å². The Kier molecular flexibility index (Phi) is 3.10. The molecule has 96 valence electrons. The van der Waals surface area contributed by atoms with Gasteiger partial charge in [0, 0.05) is 6.07 Å². The molecular weight excluding hydrogens is 256 g/mol. The van der Waals surface area contributed by atoms with Gasteiger partial charge in [0.05, 0.1) is 11.4 Å². The molecule has 2 N–H and O–H groups in total. The van der Waals surface area contributed by atoms with E-state index in [2.05, 4.69) is 5.10 Å². The van der Waals surface area contributed by atoms with Crippen LogP contribution in [0.5, 0.6) is 0 Å². The van der Waals surface area contributed by atoms with E-state index < -0.39 is 15.9 Å². The molecule has 0 saturated heterocycles. The van der Waals surface area contributed by atoms with Crippen LogP contribution >= 0.6 is 0 Å². The number of rotatable bonds is 3. The van der Waals surface area contributed by atoms with Crippen LogP contribution in [0.4, 0.5) is 0 Å². The Hall–Kier alpha value is -1.86. The smallest absolute Gasteiger partial charge is 0.271 e. The molecular formula is C11H12N2O4S. The van der Waals surface area contributed by atoms with E-state index in [9.17, 15) is 13.2 Å². The summed E-state index contributed by atoms with van der Waals surface area (Å²) in [7, 11) is -4.16. The summed E-state index contributed by atoms with van der Waals surface area (Å²) in [4.78, 5) is 11.7. The minimum absolute atomic E-state index is 0.144. The second-order valence-electron chi connectivity index (χ2n) is 3.97. The van der Waals surface area contributed by atoms with Crippen LogP contribution in [0.3, 0.4) is 0 Å². The molecule has 18 heavy (non-hydrogen) atoms. The van der Waals surface area contributed by atoms with Crippen molar-refractivity contribution < 1.29 is 13.0 Å². The topological polar surface area (TPSA) is 92.2 Å². The van der Waals surface area contributed by atoms with Gasteiger partial charge in [-0.15, -0.1) is 0 Å². The summed E-state index contributed by atoms with van der Waals surface area (Å²) in [6.07, 6.45) is 0. The highest BCUT2D eigenvalue weighted by molar-refractivity contribution is 7.84. The van der Waals surface area contributed by atoms with Crippen molar-refractivity contribution in [2.24, 2.45) is 0 Å². The third-order valence-corrected chi connectivity index (χ3v) is 3.14. The highest BCUT2D eigenvalue weighted by atomic mass is 32.2. The minimum atomic E-state index is -4.16. The Balaban J connectivity index is 2.49. The predicted molar refractivity (Wildman–Crippen MR) is 66.4 cm³/mol. The van der Waals surface area contributed by atoms with Crippen LogP contribution in [0.2, 0.25) is 0 Å². The molecule has 0 fully saturated rings. The van der Waals surface area contributed by atoms with Gasteiger partial charge < -0.3 is 0 Å². The van der Waals surface area contributed by atoms with Crippen LogP contribution in [-0.4, -0.2) is 22.8 Å². The monoisotopic (exact) mass is 268 g/mol. The lowest BCUT2D eigenvalue weighted by atomic mass is 10.2. The van der Waals surface area contributed by atoms with Crippen LogP contribution in [0.25, 0.3) is 5.69 Å². The van der Waals surface area contributed by atoms with E-state index in [1.165, 1.54) is 4.68 Å². The molecule has 0 aliphatic rings. The van der Waals surface area contributed by atoms with Gasteiger partial charge in [-0.3, -0.25) is 14.4 Å². The van der Waals surface area contributed by atoms with Gasteiger partial charge in [-0.1, -0.05) is 18.2 Å². The highest BCUT2D eigenvalue weighted by Crippen LogP contribution is 2.11. The molecule has 0 bridgehead atoms. The molecule has 0 radical (unpaired) electrons. The maximum Gasteiger partial charge on any atom is 0.271 e. The zero-order chi connectivity index (χ0) is 13.3. The van der Waals surface area contributed by atoms with Crippen LogP contribution < -0.4 is 5.56 Å². The molecule has 1 heterocycles. The molecule has 1 aromatic carbocycles. The fourth-order valence-electron chi connectivity index (χ4n) is 1.71. The standard InChI is InChI=1S/C11H12N2O4S/c1-8-4-2-3-5-10(8)13-11(14)6-9(12-13)7-18(15,16)17/h2-6,12H,7H2,1H3,(H,15,16,17).